The molecule has 0 spiro atoms. The lowest BCUT2D eigenvalue weighted by Crippen LogP contribution is -2.04. The van der Waals surface area contributed by atoms with Crippen LogP contribution in [-0.4, -0.2) is 10.1 Å². The maximum absolute atomic E-state index is 13.2. The second-order valence-electron chi connectivity index (χ2n) is 3.37. The minimum Gasteiger partial charge on any atom is -0.337 e. The van der Waals surface area contributed by atoms with Crippen molar-refractivity contribution < 1.29 is 8.91 Å². The van der Waals surface area contributed by atoms with Crippen molar-refractivity contribution in [3.63, 3.8) is 0 Å². The molecule has 0 aliphatic rings. The first-order valence-corrected chi connectivity index (χ1v) is 5.00. The maximum atomic E-state index is 13.2. The molecule has 0 saturated carbocycles. The van der Waals surface area contributed by atoms with Gasteiger partial charge in [-0.25, -0.2) is 4.39 Å². The van der Waals surface area contributed by atoms with Gasteiger partial charge in [0.25, 0.3) is 0 Å². The summed E-state index contributed by atoms with van der Waals surface area (Å²) in [6.45, 7) is 1.72. The average molecular weight is 242 g/mol. The van der Waals surface area contributed by atoms with Crippen molar-refractivity contribution in [2.45, 2.75) is 13.0 Å². The zero-order valence-electron chi connectivity index (χ0n) is 8.45. The van der Waals surface area contributed by atoms with Gasteiger partial charge in [-0.1, -0.05) is 16.8 Å². The Kier molecular flexibility index (Phi) is 2.89. The summed E-state index contributed by atoms with van der Waals surface area (Å²) < 4.78 is 18.1. The highest BCUT2D eigenvalue weighted by Crippen LogP contribution is 2.22. The molecular weight excluding hydrogens is 233 g/mol. The molecule has 2 rings (SSSR count). The molecule has 1 aromatic carbocycles. The predicted molar refractivity (Wildman–Crippen MR) is 57.3 cm³/mol. The van der Waals surface area contributed by atoms with Crippen molar-refractivity contribution in [2.24, 2.45) is 5.73 Å². The Bertz CT molecular complexity index is 513. The van der Waals surface area contributed by atoms with Crippen LogP contribution in [0.25, 0.3) is 11.4 Å². The van der Waals surface area contributed by atoms with Gasteiger partial charge in [-0.05, 0) is 25.1 Å². The first-order valence-electron chi connectivity index (χ1n) is 4.62. The largest absolute Gasteiger partial charge is 0.337 e. The molecule has 16 heavy (non-hydrogen) atoms. The smallest absolute Gasteiger partial charge is 0.243 e. The Labute approximate surface area is 96.2 Å². The van der Waals surface area contributed by atoms with Gasteiger partial charge in [-0.15, -0.1) is 0 Å². The number of aromatic nitrogens is 2. The van der Waals surface area contributed by atoms with Gasteiger partial charge >= 0.3 is 0 Å². The standard InChI is InChI=1S/C10H9ClFN3O/c1-5(13)10-14-9(15-16-10)6-2-3-7(11)8(12)4-6/h2-5H,13H2,1H3/t5-/m0/s1. The lowest BCUT2D eigenvalue weighted by Gasteiger charge is -1.96. The minimum atomic E-state index is -0.522. The highest BCUT2D eigenvalue weighted by molar-refractivity contribution is 6.30. The average Bonchev–Trinajstić information content (AvgIpc) is 2.71. The molecule has 0 aliphatic carbocycles. The first kappa shape index (κ1) is 11.0. The van der Waals surface area contributed by atoms with E-state index >= 15 is 0 Å². The van der Waals surface area contributed by atoms with E-state index in [0.717, 1.165) is 0 Å². The van der Waals surface area contributed by atoms with Crippen LogP contribution in [0.15, 0.2) is 22.7 Å². The van der Waals surface area contributed by atoms with Crippen LogP contribution in [0, 0.1) is 5.82 Å². The molecule has 0 saturated heterocycles. The molecule has 0 fully saturated rings. The number of benzene rings is 1. The third kappa shape index (κ3) is 2.05. The minimum absolute atomic E-state index is 0.0552. The number of nitrogens with two attached hydrogens (primary N) is 1. The van der Waals surface area contributed by atoms with Gasteiger partial charge in [0.15, 0.2) is 0 Å². The molecular formula is C10H9ClFN3O. The first-order chi connectivity index (χ1) is 7.58. The van der Waals surface area contributed by atoms with Gasteiger partial charge in [-0.2, -0.15) is 4.98 Å². The van der Waals surface area contributed by atoms with Crippen molar-refractivity contribution in [1.82, 2.24) is 10.1 Å². The highest BCUT2D eigenvalue weighted by Gasteiger charge is 2.12. The summed E-state index contributed by atoms with van der Waals surface area (Å²) in [7, 11) is 0. The van der Waals surface area contributed by atoms with Crippen LogP contribution in [0.2, 0.25) is 5.02 Å². The van der Waals surface area contributed by atoms with Gasteiger partial charge in [-0.3, -0.25) is 0 Å². The zero-order valence-corrected chi connectivity index (χ0v) is 9.20. The number of hydrogen-bond donors (Lipinski definition) is 1. The van der Waals surface area contributed by atoms with E-state index in [1.165, 1.54) is 12.1 Å². The second-order valence-corrected chi connectivity index (χ2v) is 3.78. The van der Waals surface area contributed by atoms with Crippen molar-refractivity contribution >= 4 is 11.6 Å². The number of halogens is 2. The second kappa shape index (κ2) is 4.19. The molecule has 84 valence electrons. The van der Waals surface area contributed by atoms with Crippen LogP contribution in [0.5, 0.6) is 0 Å². The van der Waals surface area contributed by atoms with Crippen molar-refractivity contribution in [1.29, 1.82) is 0 Å². The van der Waals surface area contributed by atoms with Crippen LogP contribution >= 0.6 is 11.6 Å². The SMILES string of the molecule is C[C@H](N)c1nc(-c2ccc(Cl)c(F)c2)no1. The van der Waals surface area contributed by atoms with E-state index in [4.69, 9.17) is 21.9 Å². The van der Waals surface area contributed by atoms with Gasteiger partial charge < -0.3 is 10.3 Å². The summed E-state index contributed by atoms with van der Waals surface area (Å²) in [5.41, 5.74) is 6.07. The van der Waals surface area contributed by atoms with Crippen molar-refractivity contribution in [2.75, 3.05) is 0 Å². The third-order valence-corrected chi connectivity index (χ3v) is 2.32. The van der Waals surface area contributed by atoms with Crippen LogP contribution in [0.3, 0.4) is 0 Å². The fraction of sp³-hybridized carbons (Fsp3) is 0.200. The molecule has 6 heteroatoms. The molecule has 0 amide bonds. The van der Waals surface area contributed by atoms with E-state index in [-0.39, 0.29) is 11.1 Å². The molecule has 4 nitrogen and oxygen atoms in total. The molecule has 0 unspecified atom stereocenters. The fourth-order valence-electron chi connectivity index (χ4n) is 1.17. The van der Waals surface area contributed by atoms with Gasteiger partial charge in [0.05, 0.1) is 11.1 Å². The summed E-state index contributed by atoms with van der Waals surface area (Å²) >= 11 is 5.56. The Morgan fingerprint density at radius 2 is 2.25 bits per heavy atom. The van der Waals surface area contributed by atoms with E-state index in [0.29, 0.717) is 17.3 Å². The van der Waals surface area contributed by atoms with Gasteiger partial charge in [0.2, 0.25) is 11.7 Å². The van der Waals surface area contributed by atoms with Crippen LogP contribution in [0.1, 0.15) is 18.9 Å². The Morgan fingerprint density at radius 1 is 1.50 bits per heavy atom. The number of nitrogens with zero attached hydrogens (tertiary/aromatic N) is 2. The summed E-state index contributed by atoms with van der Waals surface area (Å²) in [4.78, 5) is 4.04. The summed E-state index contributed by atoms with van der Waals surface area (Å²) in [6, 6.07) is 3.95. The molecule has 1 atom stereocenters. The lowest BCUT2D eigenvalue weighted by atomic mass is 10.2. The van der Waals surface area contributed by atoms with Crippen molar-refractivity contribution in [3.8, 4) is 11.4 Å². The fourth-order valence-corrected chi connectivity index (χ4v) is 1.29. The Hall–Kier alpha value is -1.46. The van der Waals surface area contributed by atoms with Gasteiger partial charge in [0.1, 0.15) is 5.82 Å². The molecule has 2 N–H and O–H groups in total. The summed E-state index contributed by atoms with van der Waals surface area (Å²) in [6.07, 6.45) is 0. The van der Waals surface area contributed by atoms with Crippen molar-refractivity contribution in [3.05, 3.63) is 34.9 Å². The van der Waals surface area contributed by atoms with Crippen LogP contribution in [0.4, 0.5) is 4.39 Å². The summed E-state index contributed by atoms with van der Waals surface area (Å²) in [5, 5.41) is 3.76. The quantitative estimate of drug-likeness (QED) is 0.878. The highest BCUT2D eigenvalue weighted by atomic mass is 35.5. The molecule has 0 radical (unpaired) electrons. The number of rotatable bonds is 2. The van der Waals surface area contributed by atoms with E-state index in [2.05, 4.69) is 10.1 Å². The Balaban J connectivity index is 2.39. The molecule has 1 aromatic heterocycles. The molecule has 0 bridgehead atoms. The predicted octanol–water partition coefficient (Wildman–Crippen LogP) is 2.55. The topological polar surface area (TPSA) is 64.9 Å². The normalized spacial score (nSPS) is 12.8. The molecule has 0 aliphatic heterocycles. The lowest BCUT2D eigenvalue weighted by molar-refractivity contribution is 0.362. The Morgan fingerprint density at radius 3 is 2.81 bits per heavy atom. The molecule has 1 heterocycles. The molecule has 2 aromatic rings. The maximum Gasteiger partial charge on any atom is 0.243 e. The summed E-state index contributed by atoms with van der Waals surface area (Å²) in [5.74, 6) is 0.0829. The van der Waals surface area contributed by atoms with E-state index in [1.807, 2.05) is 0 Å². The van der Waals surface area contributed by atoms with Crippen LogP contribution in [-0.2, 0) is 0 Å². The monoisotopic (exact) mass is 241 g/mol. The van der Waals surface area contributed by atoms with E-state index in [1.54, 1.807) is 13.0 Å². The van der Waals surface area contributed by atoms with E-state index in [9.17, 15) is 4.39 Å². The zero-order chi connectivity index (χ0) is 11.7. The van der Waals surface area contributed by atoms with E-state index < -0.39 is 5.82 Å². The third-order valence-electron chi connectivity index (χ3n) is 2.01. The van der Waals surface area contributed by atoms with Gasteiger partial charge in [0, 0.05) is 5.56 Å². The van der Waals surface area contributed by atoms with Crippen LogP contribution < -0.4 is 5.73 Å². The number of hydrogen-bond acceptors (Lipinski definition) is 4.